The van der Waals surface area contributed by atoms with Gasteiger partial charge in [-0.1, -0.05) is 12.8 Å². The van der Waals surface area contributed by atoms with Crippen molar-refractivity contribution in [2.75, 3.05) is 64.0 Å². The number of amides is 1. The Bertz CT molecular complexity index is 1060. The zero-order valence-corrected chi connectivity index (χ0v) is 23.0. The van der Waals surface area contributed by atoms with E-state index in [0.29, 0.717) is 44.6 Å². The van der Waals surface area contributed by atoms with Crippen LogP contribution in [0, 0.1) is 11.3 Å². The maximum atomic E-state index is 11.9. The van der Waals surface area contributed by atoms with E-state index in [-0.39, 0.29) is 12.4 Å². The number of carbonyl (C=O) groups is 2. The minimum absolute atomic E-state index is 0.205. The predicted molar refractivity (Wildman–Crippen MR) is 147 cm³/mol. The van der Waals surface area contributed by atoms with Crippen LogP contribution < -0.4 is 10.2 Å². The number of alkyl carbamates (subject to hydrolysis) is 1. The zero-order chi connectivity index (χ0) is 27.6. The van der Waals surface area contributed by atoms with Gasteiger partial charge in [-0.15, -0.1) is 22.9 Å². The van der Waals surface area contributed by atoms with Crippen molar-refractivity contribution in [3.8, 4) is 16.7 Å². The van der Waals surface area contributed by atoms with Gasteiger partial charge in [0.1, 0.15) is 29.8 Å². The number of anilines is 1. The van der Waals surface area contributed by atoms with E-state index in [1.165, 1.54) is 17.4 Å². The zero-order valence-electron chi connectivity index (χ0n) is 21.4. The van der Waals surface area contributed by atoms with Crippen LogP contribution in [0.3, 0.4) is 0 Å². The Kier molecular flexibility index (Phi) is 15.0. The molecule has 10 nitrogen and oxygen atoms in total. The molecule has 2 aromatic heterocycles. The number of ether oxygens (including phenoxy) is 3. The summed E-state index contributed by atoms with van der Waals surface area (Å²) in [7, 11) is 1.88. The van der Waals surface area contributed by atoms with Gasteiger partial charge < -0.3 is 34.0 Å². The summed E-state index contributed by atoms with van der Waals surface area (Å²) in [6.45, 7) is 3.15. The highest BCUT2D eigenvalue weighted by Crippen LogP contribution is 2.34. The number of halogens is 1. The Labute approximate surface area is 231 Å². The number of carboxylic acids is 1. The molecule has 0 saturated heterocycles. The van der Waals surface area contributed by atoms with Crippen molar-refractivity contribution in [1.82, 2.24) is 5.32 Å². The third-order valence-corrected chi connectivity index (χ3v) is 6.68. The van der Waals surface area contributed by atoms with Crippen LogP contribution in [0.15, 0.2) is 34.3 Å². The van der Waals surface area contributed by atoms with Crippen molar-refractivity contribution in [3.63, 3.8) is 0 Å². The number of nitrogens with zero attached hydrogens (tertiary/aromatic N) is 2. The smallest absolute Gasteiger partial charge is 0.407 e. The number of carbonyl (C=O) groups excluding carboxylic acids is 1. The summed E-state index contributed by atoms with van der Waals surface area (Å²) < 4.78 is 21.8. The Balaban J connectivity index is 1.58. The van der Waals surface area contributed by atoms with Crippen LogP contribution in [0.1, 0.15) is 31.4 Å². The molecule has 0 aliphatic rings. The van der Waals surface area contributed by atoms with E-state index in [2.05, 4.69) is 5.32 Å². The van der Waals surface area contributed by atoms with Crippen LogP contribution in [0.2, 0.25) is 0 Å². The van der Waals surface area contributed by atoms with E-state index in [1.54, 1.807) is 18.2 Å². The molecule has 1 amide bonds. The van der Waals surface area contributed by atoms with Gasteiger partial charge in [0.15, 0.2) is 0 Å². The molecule has 2 rings (SSSR count). The van der Waals surface area contributed by atoms with Gasteiger partial charge in [-0.25, -0.2) is 9.59 Å². The molecule has 0 unspecified atom stereocenters. The summed E-state index contributed by atoms with van der Waals surface area (Å²) in [5.41, 5.74) is -0.403. The average molecular weight is 568 g/mol. The number of likely N-dealkylation sites (N-methyl/N-ethyl adjacent to an activating group) is 1. The van der Waals surface area contributed by atoms with Crippen LogP contribution >= 0.6 is 22.9 Å². The van der Waals surface area contributed by atoms with Crippen molar-refractivity contribution < 1.29 is 33.3 Å². The molecular weight excluding hydrogens is 534 g/mol. The second kappa shape index (κ2) is 18.3. The Morgan fingerprint density at radius 2 is 1.87 bits per heavy atom. The second-order valence-electron chi connectivity index (χ2n) is 8.13. The first-order valence-electron chi connectivity index (χ1n) is 12.3. The van der Waals surface area contributed by atoms with E-state index < -0.39 is 17.6 Å². The maximum absolute atomic E-state index is 11.9. The number of unbranched alkanes of at least 4 members (excludes halogenated alkanes) is 3. The predicted octanol–water partition coefficient (Wildman–Crippen LogP) is 4.99. The first kappa shape index (κ1) is 31.2. The number of nitrogens with one attached hydrogen (secondary N) is 1. The summed E-state index contributed by atoms with van der Waals surface area (Å²) in [5.74, 6) is 0.246. The van der Waals surface area contributed by atoms with Gasteiger partial charge in [0.2, 0.25) is 0 Å². The molecule has 12 heteroatoms. The lowest BCUT2D eigenvalue weighted by atomic mass is 10.2. The molecule has 0 saturated carbocycles. The summed E-state index contributed by atoms with van der Waals surface area (Å²) in [6.07, 6.45) is 5.00. The maximum Gasteiger partial charge on any atom is 0.407 e. The van der Waals surface area contributed by atoms with E-state index in [1.807, 2.05) is 24.1 Å². The summed E-state index contributed by atoms with van der Waals surface area (Å²) in [4.78, 5) is 25.6. The van der Waals surface area contributed by atoms with Crippen LogP contribution in [0.5, 0.6) is 0 Å². The lowest BCUT2D eigenvalue weighted by Gasteiger charge is -2.16. The third kappa shape index (κ3) is 12.0. The normalized spacial score (nSPS) is 11.2. The lowest BCUT2D eigenvalue weighted by molar-refractivity contribution is -0.132. The number of alkyl halides is 1. The minimum Gasteiger partial charge on any atom is -0.477 e. The highest BCUT2D eigenvalue weighted by Gasteiger charge is 2.12. The van der Waals surface area contributed by atoms with E-state index in [0.717, 1.165) is 42.2 Å². The van der Waals surface area contributed by atoms with Gasteiger partial charge in [0.25, 0.3) is 0 Å². The Morgan fingerprint density at radius 3 is 2.61 bits per heavy atom. The van der Waals surface area contributed by atoms with Crippen molar-refractivity contribution in [3.05, 3.63) is 35.6 Å². The number of nitriles is 1. The largest absolute Gasteiger partial charge is 0.477 e. The third-order valence-electron chi connectivity index (χ3n) is 5.20. The topological polar surface area (TPSA) is 134 Å². The van der Waals surface area contributed by atoms with Gasteiger partial charge in [-0.05, 0) is 37.1 Å². The van der Waals surface area contributed by atoms with Crippen molar-refractivity contribution in [2.24, 2.45) is 0 Å². The number of furan rings is 1. The van der Waals surface area contributed by atoms with Crippen LogP contribution in [0.25, 0.3) is 16.7 Å². The molecule has 0 aliphatic carbocycles. The molecule has 0 aromatic carbocycles. The van der Waals surface area contributed by atoms with Crippen molar-refractivity contribution >= 4 is 46.1 Å². The van der Waals surface area contributed by atoms with Crippen molar-refractivity contribution in [1.29, 1.82) is 5.26 Å². The van der Waals surface area contributed by atoms with E-state index in [9.17, 15) is 9.59 Å². The number of hydrogen-bond donors (Lipinski definition) is 2. The van der Waals surface area contributed by atoms with E-state index >= 15 is 0 Å². The van der Waals surface area contributed by atoms with Gasteiger partial charge in [0, 0.05) is 32.2 Å². The molecule has 38 heavy (non-hydrogen) atoms. The monoisotopic (exact) mass is 567 g/mol. The molecule has 0 radical (unpaired) electrons. The average Bonchev–Trinajstić information content (AvgIpc) is 3.57. The second-order valence-corrected chi connectivity index (χ2v) is 9.57. The fraction of sp³-hybridized carbons (Fsp3) is 0.500. The molecule has 208 valence electrons. The van der Waals surface area contributed by atoms with Gasteiger partial charge >= 0.3 is 12.1 Å². The van der Waals surface area contributed by atoms with Gasteiger partial charge in [-0.2, -0.15) is 5.26 Å². The molecule has 0 bridgehead atoms. The van der Waals surface area contributed by atoms with Gasteiger partial charge in [-0.3, -0.25) is 0 Å². The quantitative estimate of drug-likeness (QED) is 0.104. The van der Waals surface area contributed by atoms with Gasteiger partial charge in [0.05, 0.1) is 36.2 Å². The minimum atomic E-state index is -1.31. The standard InChI is InChI=1S/C26H34ClN3O7S/c1-30(12-15-36-26(33)29-11-14-35-17-16-34-13-5-3-2-4-10-27)24-9-8-23(38-24)22-7-6-21(37-22)18-20(19-28)25(31)32/h6-9,18H,2-5,10-17H2,1H3,(H,29,33)(H,31,32)/b20-18+. The number of aliphatic carboxylic acids is 1. The molecular formula is C26H34ClN3O7S. The number of carboxylic acid groups (broad SMARTS) is 1. The Hall–Kier alpha value is -3.04. The van der Waals surface area contributed by atoms with Crippen LogP contribution in [-0.2, 0) is 19.0 Å². The SMILES string of the molecule is CN(CCOC(=O)NCCOCCOCCCCCCCl)c1ccc(-c2ccc(/C=C(\C#N)C(=O)O)o2)s1. The summed E-state index contributed by atoms with van der Waals surface area (Å²) in [5, 5.41) is 21.4. The first-order chi connectivity index (χ1) is 18.4. The summed E-state index contributed by atoms with van der Waals surface area (Å²) >= 11 is 7.11. The fourth-order valence-corrected chi connectivity index (χ4v) is 4.29. The van der Waals surface area contributed by atoms with E-state index in [4.69, 9.17) is 40.6 Å². The molecule has 0 fully saturated rings. The highest BCUT2D eigenvalue weighted by atomic mass is 35.5. The highest BCUT2D eigenvalue weighted by molar-refractivity contribution is 7.19. The molecule has 0 spiro atoms. The first-order valence-corrected chi connectivity index (χ1v) is 13.7. The molecule has 2 N–H and O–H groups in total. The number of thiophene rings is 1. The molecule has 2 aromatic rings. The van der Waals surface area contributed by atoms with Crippen LogP contribution in [-0.4, -0.2) is 76.2 Å². The lowest BCUT2D eigenvalue weighted by Crippen LogP contribution is -2.31. The summed E-state index contributed by atoms with van der Waals surface area (Å²) in [6, 6.07) is 8.74. The molecule has 2 heterocycles. The Morgan fingerprint density at radius 1 is 1.11 bits per heavy atom. The van der Waals surface area contributed by atoms with Crippen molar-refractivity contribution in [2.45, 2.75) is 25.7 Å². The van der Waals surface area contributed by atoms with Crippen LogP contribution in [0.4, 0.5) is 9.80 Å². The number of rotatable bonds is 19. The number of hydrogen-bond acceptors (Lipinski definition) is 9. The molecule has 0 aliphatic heterocycles. The fourth-order valence-electron chi connectivity index (χ4n) is 3.15. The molecule has 0 atom stereocenters.